The summed E-state index contributed by atoms with van der Waals surface area (Å²) in [5.41, 5.74) is 2.24. The first-order valence-corrected chi connectivity index (χ1v) is 14.3. The highest BCUT2D eigenvalue weighted by Crippen LogP contribution is 2.37. The van der Waals surface area contributed by atoms with Crippen LogP contribution in [0.4, 0.5) is 0 Å². The molecule has 4 unspecified atom stereocenters. The lowest BCUT2D eigenvalue weighted by atomic mass is 9.83. The molecule has 38 heavy (non-hydrogen) atoms. The molecule has 0 amide bonds. The summed E-state index contributed by atoms with van der Waals surface area (Å²) < 4.78 is 31.5. The number of benzene rings is 2. The molecular formula is C32H48O6. The molecule has 1 N–H and O–H groups in total. The van der Waals surface area contributed by atoms with Gasteiger partial charge in [-0.15, -0.1) is 0 Å². The Labute approximate surface area is 229 Å². The van der Waals surface area contributed by atoms with Crippen LogP contribution in [0.5, 0.6) is 0 Å². The molecule has 0 aromatic heterocycles. The molecule has 0 spiro atoms. The summed E-state index contributed by atoms with van der Waals surface area (Å²) in [5.74, 6) is 0.383. The van der Waals surface area contributed by atoms with Gasteiger partial charge >= 0.3 is 0 Å². The van der Waals surface area contributed by atoms with Gasteiger partial charge in [-0.1, -0.05) is 95.3 Å². The molecule has 2 saturated heterocycles. The third kappa shape index (κ3) is 7.87. The number of ether oxygens (including phenoxy) is 5. The lowest BCUT2D eigenvalue weighted by molar-refractivity contribution is -0.327. The zero-order valence-electron chi connectivity index (χ0n) is 24.2. The maximum absolute atomic E-state index is 10.9. The van der Waals surface area contributed by atoms with E-state index in [4.69, 9.17) is 23.7 Å². The molecule has 212 valence electrons. The second-order valence-corrected chi connectivity index (χ2v) is 10.5. The molecule has 2 fully saturated rings. The topological polar surface area (TPSA) is 66.4 Å². The quantitative estimate of drug-likeness (QED) is 0.431. The van der Waals surface area contributed by atoms with Gasteiger partial charge in [-0.2, -0.15) is 0 Å². The first-order chi connectivity index (χ1) is 18.3. The minimum Gasteiger partial charge on any atom is -0.388 e. The summed E-state index contributed by atoms with van der Waals surface area (Å²) in [6, 6.07) is 20.3. The summed E-state index contributed by atoms with van der Waals surface area (Å²) in [5, 5.41) is 10.9. The second-order valence-electron chi connectivity index (χ2n) is 10.5. The maximum Gasteiger partial charge on any atom is 0.184 e. The third-order valence-corrected chi connectivity index (χ3v) is 7.99. The first-order valence-electron chi connectivity index (χ1n) is 14.3. The first kappa shape index (κ1) is 30.7. The summed E-state index contributed by atoms with van der Waals surface area (Å²) in [4.78, 5) is 0. The molecule has 0 aliphatic carbocycles. The summed E-state index contributed by atoms with van der Waals surface area (Å²) in [7, 11) is 0. The summed E-state index contributed by atoms with van der Waals surface area (Å²) in [6.07, 6.45) is -2.53. The van der Waals surface area contributed by atoms with Gasteiger partial charge in [-0.05, 0) is 36.8 Å². The van der Waals surface area contributed by atoms with E-state index >= 15 is 0 Å². The van der Waals surface area contributed by atoms with Crippen molar-refractivity contribution in [3.8, 4) is 0 Å². The maximum atomic E-state index is 10.9. The summed E-state index contributed by atoms with van der Waals surface area (Å²) in [6.45, 7) is 15.8. The number of hydrogen-bond donors (Lipinski definition) is 1. The van der Waals surface area contributed by atoms with Crippen molar-refractivity contribution < 1.29 is 28.8 Å². The lowest BCUT2D eigenvalue weighted by Gasteiger charge is -2.48. The van der Waals surface area contributed by atoms with Gasteiger partial charge in [0.05, 0.1) is 44.2 Å². The third-order valence-electron chi connectivity index (χ3n) is 7.99. The lowest BCUT2D eigenvalue weighted by Crippen LogP contribution is -2.58. The van der Waals surface area contributed by atoms with Crippen LogP contribution in [0, 0.1) is 17.8 Å². The van der Waals surface area contributed by atoms with Crippen molar-refractivity contribution in [3.05, 3.63) is 71.8 Å². The molecule has 2 aliphatic heterocycles. The molecule has 10 atom stereocenters. The van der Waals surface area contributed by atoms with Crippen LogP contribution in [0.2, 0.25) is 0 Å². The number of aliphatic hydroxyl groups excluding tert-OH is 1. The van der Waals surface area contributed by atoms with Gasteiger partial charge in [0, 0.05) is 5.92 Å². The van der Waals surface area contributed by atoms with Crippen LogP contribution in [-0.4, -0.2) is 54.6 Å². The van der Waals surface area contributed by atoms with Gasteiger partial charge in [0.25, 0.3) is 0 Å². The van der Waals surface area contributed by atoms with E-state index in [0.717, 1.165) is 11.1 Å². The number of aliphatic hydroxyl groups is 1. The molecule has 6 nitrogen and oxygen atoms in total. The van der Waals surface area contributed by atoms with Crippen molar-refractivity contribution in [2.75, 3.05) is 6.61 Å². The molecule has 2 aromatic rings. The van der Waals surface area contributed by atoms with Crippen molar-refractivity contribution in [3.63, 3.8) is 0 Å². The Morgan fingerprint density at radius 1 is 0.684 bits per heavy atom. The SMILES string of the molecule is CC.CC1C(OCc2ccccc2)[C@@H](O[C@@H]2C(O)[C@H](C)OC(C)[C@@H]2C)O[C@@H](COCc2ccccc2)[C@H]1C. The zero-order chi connectivity index (χ0) is 27.7. The number of hydrogen-bond acceptors (Lipinski definition) is 6. The van der Waals surface area contributed by atoms with Crippen LogP contribution < -0.4 is 0 Å². The molecule has 2 heterocycles. The average molecular weight is 529 g/mol. The predicted molar refractivity (Wildman–Crippen MR) is 150 cm³/mol. The normalized spacial score (nSPS) is 35.3. The molecule has 0 radical (unpaired) electrons. The molecular weight excluding hydrogens is 480 g/mol. The van der Waals surface area contributed by atoms with Crippen LogP contribution in [0.25, 0.3) is 0 Å². The molecule has 2 aromatic carbocycles. The Hall–Kier alpha value is -1.80. The molecule has 0 bridgehead atoms. The minimum atomic E-state index is -0.739. The van der Waals surface area contributed by atoms with Crippen LogP contribution in [0.1, 0.15) is 59.6 Å². The van der Waals surface area contributed by atoms with E-state index < -0.39 is 18.5 Å². The van der Waals surface area contributed by atoms with Crippen molar-refractivity contribution in [2.24, 2.45) is 17.8 Å². The molecule has 4 rings (SSSR count). The van der Waals surface area contributed by atoms with Crippen LogP contribution in [-0.2, 0) is 36.9 Å². The zero-order valence-corrected chi connectivity index (χ0v) is 24.2. The van der Waals surface area contributed by atoms with Crippen molar-refractivity contribution >= 4 is 0 Å². The van der Waals surface area contributed by atoms with E-state index in [1.165, 1.54) is 0 Å². The van der Waals surface area contributed by atoms with Gasteiger partial charge in [0.1, 0.15) is 12.2 Å². The van der Waals surface area contributed by atoms with E-state index in [2.05, 4.69) is 45.0 Å². The Morgan fingerprint density at radius 3 is 1.87 bits per heavy atom. The highest BCUT2D eigenvalue weighted by atomic mass is 16.7. The molecule has 2 aliphatic rings. The van der Waals surface area contributed by atoms with E-state index in [-0.39, 0.29) is 42.2 Å². The van der Waals surface area contributed by atoms with E-state index in [9.17, 15) is 5.11 Å². The fraction of sp³-hybridized carbons (Fsp3) is 0.625. The second kappa shape index (κ2) is 15.1. The van der Waals surface area contributed by atoms with Crippen molar-refractivity contribution in [1.29, 1.82) is 0 Å². The largest absolute Gasteiger partial charge is 0.388 e. The van der Waals surface area contributed by atoms with Crippen molar-refractivity contribution in [1.82, 2.24) is 0 Å². The Kier molecular flexibility index (Phi) is 12.2. The predicted octanol–water partition coefficient (Wildman–Crippen LogP) is 6.00. The van der Waals surface area contributed by atoms with Crippen LogP contribution in [0.15, 0.2) is 60.7 Å². The smallest absolute Gasteiger partial charge is 0.184 e. The van der Waals surface area contributed by atoms with E-state index in [1.807, 2.05) is 64.1 Å². The number of rotatable bonds is 9. The Balaban J connectivity index is 0.00000195. The van der Waals surface area contributed by atoms with Gasteiger partial charge < -0.3 is 28.8 Å². The van der Waals surface area contributed by atoms with Gasteiger partial charge in [0.2, 0.25) is 0 Å². The molecule has 0 saturated carbocycles. The Bertz CT molecular complexity index is 893. The van der Waals surface area contributed by atoms with Gasteiger partial charge in [-0.3, -0.25) is 0 Å². The highest BCUT2D eigenvalue weighted by molar-refractivity contribution is 5.14. The fourth-order valence-corrected chi connectivity index (χ4v) is 5.17. The fourth-order valence-electron chi connectivity index (χ4n) is 5.17. The average Bonchev–Trinajstić information content (AvgIpc) is 2.94. The molecule has 6 heteroatoms. The van der Waals surface area contributed by atoms with E-state index in [1.54, 1.807) is 0 Å². The van der Waals surface area contributed by atoms with Crippen LogP contribution >= 0.6 is 0 Å². The summed E-state index contributed by atoms with van der Waals surface area (Å²) >= 11 is 0. The van der Waals surface area contributed by atoms with E-state index in [0.29, 0.717) is 19.8 Å². The minimum absolute atomic E-state index is 0.0111. The van der Waals surface area contributed by atoms with Gasteiger partial charge in [-0.25, -0.2) is 0 Å². The highest BCUT2D eigenvalue weighted by Gasteiger charge is 2.47. The van der Waals surface area contributed by atoms with Gasteiger partial charge in [0.15, 0.2) is 6.29 Å². The van der Waals surface area contributed by atoms with Crippen molar-refractivity contribution in [2.45, 2.75) is 105 Å². The Morgan fingerprint density at radius 2 is 1.26 bits per heavy atom. The van der Waals surface area contributed by atoms with Crippen LogP contribution in [0.3, 0.4) is 0 Å². The monoisotopic (exact) mass is 528 g/mol. The standard InChI is InChI=1S/C30H42O6.C2H6/c1-19-20(2)29(33-17-25-14-10-7-11-15-25)30(36-28-21(3)22(4)34-23(5)27(28)31)35-26(19)18-32-16-24-12-8-6-9-13-24;1-2/h6-15,19-23,26-31H,16-18H2,1-5H3;1-2H3/t19-,20?,21-,22?,23-,26-,27?,28-,29?,30+;/m0./s1.